The van der Waals surface area contributed by atoms with Crippen LogP contribution in [0.15, 0.2) is 48.5 Å². The lowest BCUT2D eigenvalue weighted by molar-refractivity contribution is 0.0119. The van der Waals surface area contributed by atoms with E-state index in [0.29, 0.717) is 24.6 Å². The lowest BCUT2D eigenvalue weighted by atomic mass is 9.95. The molecule has 0 radical (unpaired) electrons. The van der Waals surface area contributed by atoms with E-state index in [1.165, 1.54) is 0 Å². The fraction of sp³-hybridized carbons (Fsp3) is 0.516. The number of nitrogens with one attached hydrogen (secondary N) is 1. The van der Waals surface area contributed by atoms with Gasteiger partial charge in [-0.2, -0.15) is 0 Å². The number of carboxylic acids is 1. The number of halogens is 2. The zero-order valence-electron chi connectivity index (χ0n) is 24.3. The van der Waals surface area contributed by atoms with Gasteiger partial charge in [-0.05, 0) is 87.5 Å². The molecule has 41 heavy (non-hydrogen) atoms. The van der Waals surface area contributed by atoms with E-state index in [-0.39, 0.29) is 36.6 Å². The Bertz CT molecular complexity index is 1210. The lowest BCUT2D eigenvalue weighted by Gasteiger charge is -2.41. The summed E-state index contributed by atoms with van der Waals surface area (Å²) in [4.78, 5) is 19.1. The summed E-state index contributed by atoms with van der Waals surface area (Å²) < 4.78 is 5.44. The van der Waals surface area contributed by atoms with Crippen LogP contribution in [-0.2, 0) is 0 Å². The van der Waals surface area contributed by atoms with Gasteiger partial charge in [0.2, 0.25) is 0 Å². The molecule has 10 heteroatoms. The summed E-state index contributed by atoms with van der Waals surface area (Å²) >= 11 is 0. The first-order chi connectivity index (χ1) is 18.7. The number of fused-ring (bicyclic) bond motifs is 1. The normalized spacial score (nSPS) is 20.7. The number of benzene rings is 2. The van der Waals surface area contributed by atoms with Crippen molar-refractivity contribution < 1.29 is 19.7 Å². The second-order valence-corrected chi connectivity index (χ2v) is 11.0. The van der Waals surface area contributed by atoms with E-state index in [4.69, 9.17) is 15.6 Å². The molecular weight excluding hydrogens is 563 g/mol. The third-order valence-electron chi connectivity index (χ3n) is 8.04. The molecule has 0 unspecified atom stereocenters. The SMILES string of the molecule is CCOc1ccc(-c2cccc3[nH]c(C(=O)O)cc23)cc1.C[C@H]1CN([C@@H](C)CN2CCC(N)CC2)CC[C@@H]1O.Cl.Cl. The van der Waals surface area contributed by atoms with Gasteiger partial charge in [0.15, 0.2) is 0 Å². The number of carbonyl (C=O) groups is 1. The third kappa shape index (κ3) is 9.33. The topological polar surface area (TPSA) is 115 Å². The zero-order valence-corrected chi connectivity index (χ0v) is 25.9. The predicted octanol–water partition coefficient (Wildman–Crippen LogP) is 5.28. The minimum atomic E-state index is -0.955. The summed E-state index contributed by atoms with van der Waals surface area (Å²) in [6.07, 6.45) is 3.11. The molecule has 0 saturated carbocycles. The Morgan fingerprint density at radius 3 is 2.39 bits per heavy atom. The number of carboxylic acid groups (broad SMARTS) is 1. The van der Waals surface area contributed by atoms with Crippen LogP contribution in [0.3, 0.4) is 0 Å². The third-order valence-corrected chi connectivity index (χ3v) is 8.04. The van der Waals surface area contributed by atoms with Crippen LogP contribution in [0.4, 0.5) is 0 Å². The van der Waals surface area contributed by atoms with Gasteiger partial charge in [-0.15, -0.1) is 24.8 Å². The van der Waals surface area contributed by atoms with Crippen LogP contribution in [0.1, 0.15) is 50.5 Å². The van der Waals surface area contributed by atoms with Crippen LogP contribution in [0.25, 0.3) is 22.0 Å². The van der Waals surface area contributed by atoms with Crippen LogP contribution in [0, 0.1) is 5.92 Å². The van der Waals surface area contributed by atoms with Gasteiger partial charge in [0, 0.05) is 42.6 Å². The number of aromatic nitrogens is 1. The van der Waals surface area contributed by atoms with Crippen molar-refractivity contribution in [1.82, 2.24) is 14.8 Å². The summed E-state index contributed by atoms with van der Waals surface area (Å²) in [5, 5.41) is 19.8. The number of aliphatic hydroxyl groups is 1. The lowest BCUT2D eigenvalue weighted by Crippen LogP contribution is -2.51. The van der Waals surface area contributed by atoms with Crippen molar-refractivity contribution in [3.63, 3.8) is 0 Å². The Morgan fingerprint density at radius 1 is 1.10 bits per heavy atom. The van der Waals surface area contributed by atoms with Gasteiger partial charge in [0.25, 0.3) is 0 Å². The Labute approximate surface area is 256 Å². The number of piperidine rings is 2. The number of aliphatic hydroxyl groups excluding tert-OH is 1. The van der Waals surface area contributed by atoms with Gasteiger partial charge in [-0.25, -0.2) is 4.79 Å². The van der Waals surface area contributed by atoms with E-state index in [1.807, 2.05) is 49.4 Å². The molecule has 5 N–H and O–H groups in total. The van der Waals surface area contributed by atoms with Crippen molar-refractivity contribution in [3.05, 3.63) is 54.2 Å². The van der Waals surface area contributed by atoms with Crippen LogP contribution >= 0.6 is 24.8 Å². The molecule has 3 aromatic rings. The average Bonchev–Trinajstić information content (AvgIpc) is 3.38. The molecule has 2 aromatic carbocycles. The summed E-state index contributed by atoms with van der Waals surface area (Å²) in [6.45, 7) is 12.6. The second-order valence-electron chi connectivity index (χ2n) is 11.0. The number of aromatic carboxylic acids is 1. The molecule has 2 aliphatic rings. The van der Waals surface area contributed by atoms with Gasteiger partial charge >= 0.3 is 5.97 Å². The average molecular weight is 610 g/mol. The minimum absolute atomic E-state index is 0. The molecule has 8 nitrogen and oxygen atoms in total. The van der Waals surface area contributed by atoms with Crippen molar-refractivity contribution >= 4 is 41.7 Å². The number of nitrogens with two attached hydrogens (primary N) is 1. The first kappa shape index (κ1) is 34.9. The van der Waals surface area contributed by atoms with Crippen molar-refractivity contribution in [2.24, 2.45) is 11.7 Å². The van der Waals surface area contributed by atoms with Crippen LogP contribution < -0.4 is 10.5 Å². The molecular formula is C31H46Cl2N4O4. The fourth-order valence-corrected chi connectivity index (χ4v) is 5.61. The molecule has 5 rings (SSSR count). The Balaban J connectivity index is 0.000000277. The molecule has 2 aliphatic heterocycles. The largest absolute Gasteiger partial charge is 0.494 e. The van der Waals surface area contributed by atoms with Crippen LogP contribution in [0.5, 0.6) is 5.75 Å². The highest BCUT2D eigenvalue weighted by Gasteiger charge is 2.28. The van der Waals surface area contributed by atoms with Gasteiger partial charge in [-0.1, -0.05) is 31.2 Å². The summed E-state index contributed by atoms with van der Waals surface area (Å²) in [5.41, 5.74) is 8.98. The standard InChI is InChI=1S/C17H15NO3.C14H29N3O.2ClH/c1-2-21-12-8-6-11(7-9-12)13-4-3-5-15-14(13)10-16(18-15)17(19)20;1-11-9-17(8-5-14(11)18)12(2)10-16-6-3-13(15)4-7-16;;/h3-10,18H,2H2,1H3,(H,19,20);11-14,18H,3-10,15H2,1-2H3;2*1H/t;11-,12-,14-;;/m.0../s1. The first-order valence-corrected chi connectivity index (χ1v) is 14.2. The quantitative estimate of drug-likeness (QED) is 0.288. The van der Waals surface area contributed by atoms with Crippen molar-refractivity contribution in [2.75, 3.05) is 39.3 Å². The molecule has 228 valence electrons. The highest BCUT2D eigenvalue weighted by atomic mass is 35.5. The van der Waals surface area contributed by atoms with Crippen molar-refractivity contribution in [3.8, 4) is 16.9 Å². The molecule has 0 amide bonds. The van der Waals surface area contributed by atoms with Gasteiger partial charge in [0.1, 0.15) is 11.4 Å². The molecule has 3 heterocycles. The van der Waals surface area contributed by atoms with Crippen molar-refractivity contribution in [1.29, 1.82) is 0 Å². The van der Waals surface area contributed by atoms with E-state index < -0.39 is 5.97 Å². The van der Waals surface area contributed by atoms with E-state index in [0.717, 1.165) is 79.8 Å². The van der Waals surface area contributed by atoms with E-state index in [2.05, 4.69) is 28.6 Å². The second kappa shape index (κ2) is 16.3. The highest BCUT2D eigenvalue weighted by molar-refractivity contribution is 6.00. The number of aromatic amines is 1. The number of H-pyrrole nitrogens is 1. The molecule has 1 aromatic heterocycles. The molecule has 0 spiro atoms. The van der Waals surface area contributed by atoms with Gasteiger partial charge in [-0.3, -0.25) is 4.90 Å². The summed E-state index contributed by atoms with van der Waals surface area (Å²) in [7, 11) is 0. The van der Waals surface area contributed by atoms with Crippen molar-refractivity contribution in [2.45, 2.75) is 58.2 Å². The van der Waals surface area contributed by atoms with Crippen LogP contribution in [0.2, 0.25) is 0 Å². The molecule has 2 saturated heterocycles. The molecule has 2 fully saturated rings. The molecule has 0 bridgehead atoms. The molecule has 3 atom stereocenters. The number of hydrogen-bond donors (Lipinski definition) is 4. The Kier molecular flexibility index (Phi) is 13.9. The van der Waals surface area contributed by atoms with Crippen LogP contribution in [-0.4, -0.2) is 88.5 Å². The van der Waals surface area contributed by atoms with E-state index in [1.54, 1.807) is 6.07 Å². The summed E-state index contributed by atoms with van der Waals surface area (Å²) in [5.74, 6) is 0.286. The number of nitrogens with zero attached hydrogens (tertiary/aromatic N) is 2. The number of likely N-dealkylation sites (tertiary alicyclic amines) is 2. The number of rotatable bonds is 7. The van der Waals surface area contributed by atoms with Gasteiger partial charge < -0.3 is 30.6 Å². The van der Waals surface area contributed by atoms with E-state index in [9.17, 15) is 9.90 Å². The number of hydrogen-bond acceptors (Lipinski definition) is 6. The molecule has 0 aliphatic carbocycles. The maximum atomic E-state index is 11.1. The maximum absolute atomic E-state index is 11.1. The highest BCUT2D eigenvalue weighted by Crippen LogP contribution is 2.30. The minimum Gasteiger partial charge on any atom is -0.494 e. The number of ether oxygens (including phenoxy) is 1. The van der Waals surface area contributed by atoms with E-state index >= 15 is 0 Å². The Morgan fingerprint density at radius 2 is 1.78 bits per heavy atom. The maximum Gasteiger partial charge on any atom is 0.352 e. The Hall–Kier alpha value is -2.33. The predicted molar refractivity (Wildman–Crippen MR) is 171 cm³/mol. The van der Waals surface area contributed by atoms with Gasteiger partial charge in [0.05, 0.1) is 12.7 Å². The first-order valence-electron chi connectivity index (χ1n) is 14.2. The monoisotopic (exact) mass is 608 g/mol. The summed E-state index contributed by atoms with van der Waals surface area (Å²) in [6, 6.07) is 16.2. The fourth-order valence-electron chi connectivity index (χ4n) is 5.61. The smallest absolute Gasteiger partial charge is 0.352 e. The zero-order chi connectivity index (χ0) is 27.9.